The molecule has 0 saturated heterocycles. The Hall–Kier alpha value is -3.34. The van der Waals surface area contributed by atoms with Gasteiger partial charge in [-0.2, -0.15) is 5.26 Å². The number of hydrogen-bond donors (Lipinski definition) is 3. The van der Waals surface area contributed by atoms with Crippen LogP contribution < -0.4 is 16.0 Å². The lowest BCUT2D eigenvalue weighted by atomic mass is 10.0. The van der Waals surface area contributed by atoms with Crippen molar-refractivity contribution in [2.75, 3.05) is 5.73 Å². The van der Waals surface area contributed by atoms with E-state index in [1.54, 1.807) is 24.3 Å². The first-order chi connectivity index (χ1) is 13.4. The largest absolute Gasteiger partial charge is 0.489 e. The number of aromatic amines is 1. The van der Waals surface area contributed by atoms with E-state index in [0.29, 0.717) is 38.2 Å². The molecule has 0 aliphatic rings. The topological polar surface area (TPSA) is 129 Å². The number of rotatable bonds is 5. The van der Waals surface area contributed by atoms with E-state index < -0.39 is 5.56 Å². The quantitative estimate of drug-likeness (QED) is 0.435. The van der Waals surface area contributed by atoms with Crippen LogP contribution in [0.15, 0.2) is 47.7 Å². The van der Waals surface area contributed by atoms with Crippen molar-refractivity contribution in [1.82, 2.24) is 9.97 Å². The van der Waals surface area contributed by atoms with Gasteiger partial charge >= 0.3 is 0 Å². The van der Waals surface area contributed by atoms with Crippen LogP contribution in [0, 0.1) is 16.7 Å². The Morgan fingerprint density at radius 2 is 2.00 bits per heavy atom. The number of halogens is 2. The van der Waals surface area contributed by atoms with Gasteiger partial charge in [-0.25, -0.2) is 0 Å². The maximum atomic E-state index is 11.5. The molecule has 3 rings (SSSR count). The monoisotopic (exact) mass is 413 g/mol. The lowest BCUT2D eigenvalue weighted by Crippen LogP contribution is -2.14. The molecule has 7 nitrogen and oxygen atoms in total. The van der Waals surface area contributed by atoms with Gasteiger partial charge < -0.3 is 15.5 Å². The van der Waals surface area contributed by atoms with Crippen molar-refractivity contribution in [3.8, 4) is 11.8 Å². The van der Waals surface area contributed by atoms with Gasteiger partial charge in [0.1, 0.15) is 24.0 Å². The predicted molar refractivity (Wildman–Crippen MR) is 107 cm³/mol. The summed E-state index contributed by atoms with van der Waals surface area (Å²) in [6.45, 7) is 0.105. The highest BCUT2D eigenvalue weighted by molar-refractivity contribution is 6.35. The number of nitrogens with one attached hydrogen (secondary N) is 2. The molecule has 0 spiro atoms. The Kier molecular flexibility index (Phi) is 5.64. The molecular weight excluding hydrogens is 401 g/mol. The van der Waals surface area contributed by atoms with E-state index in [-0.39, 0.29) is 17.9 Å². The van der Waals surface area contributed by atoms with Gasteiger partial charge in [0.2, 0.25) is 0 Å². The number of benzene rings is 1. The van der Waals surface area contributed by atoms with Gasteiger partial charge in [0.05, 0.1) is 15.8 Å². The van der Waals surface area contributed by atoms with E-state index in [2.05, 4.69) is 9.97 Å². The SMILES string of the molecule is N#Cc1cc(C(=N)c2cc(OCc3c(Cl)cncc3Cl)ccc2N)c[nH]c1=O. The summed E-state index contributed by atoms with van der Waals surface area (Å²) >= 11 is 12.2. The van der Waals surface area contributed by atoms with Crippen molar-refractivity contribution < 1.29 is 4.74 Å². The summed E-state index contributed by atoms with van der Waals surface area (Å²) in [4.78, 5) is 17.9. The fourth-order valence-corrected chi connectivity index (χ4v) is 2.91. The number of hydrogen-bond acceptors (Lipinski definition) is 6. The van der Waals surface area contributed by atoms with Crippen molar-refractivity contribution in [3.05, 3.63) is 85.5 Å². The molecule has 0 unspecified atom stereocenters. The Bertz CT molecular complexity index is 1150. The molecule has 0 aliphatic heterocycles. The second kappa shape index (κ2) is 8.13. The van der Waals surface area contributed by atoms with E-state index >= 15 is 0 Å². The zero-order valence-electron chi connectivity index (χ0n) is 14.3. The molecule has 3 aromatic rings. The highest BCUT2D eigenvalue weighted by Gasteiger charge is 2.13. The molecule has 0 radical (unpaired) electrons. The van der Waals surface area contributed by atoms with Crippen LogP contribution in [0.5, 0.6) is 5.75 Å². The molecule has 9 heteroatoms. The molecular formula is C19H13Cl2N5O2. The number of nitrogen functional groups attached to an aromatic ring is 1. The molecule has 140 valence electrons. The van der Waals surface area contributed by atoms with Crippen molar-refractivity contribution in [1.29, 1.82) is 10.7 Å². The minimum absolute atomic E-state index is 0.0377. The average molecular weight is 414 g/mol. The number of nitrogens with zero attached hydrogens (tertiary/aromatic N) is 2. The van der Waals surface area contributed by atoms with Gasteiger partial charge in [0, 0.05) is 41.0 Å². The second-order valence-electron chi connectivity index (χ2n) is 5.74. The molecule has 0 aliphatic carbocycles. The second-order valence-corrected chi connectivity index (χ2v) is 6.55. The smallest absolute Gasteiger partial charge is 0.265 e. The molecule has 4 N–H and O–H groups in total. The van der Waals surface area contributed by atoms with Crippen LogP contribution in [-0.4, -0.2) is 15.7 Å². The molecule has 2 aromatic heterocycles. The van der Waals surface area contributed by atoms with E-state index in [9.17, 15) is 4.79 Å². The third-order valence-corrected chi connectivity index (χ3v) is 4.59. The summed E-state index contributed by atoms with van der Waals surface area (Å²) in [5.41, 5.74) is 7.11. The molecule has 1 aromatic carbocycles. The molecule has 0 fully saturated rings. The Morgan fingerprint density at radius 3 is 2.68 bits per heavy atom. The van der Waals surface area contributed by atoms with Crippen LogP contribution in [0.25, 0.3) is 0 Å². The fourth-order valence-electron chi connectivity index (χ4n) is 2.44. The maximum Gasteiger partial charge on any atom is 0.265 e. The molecule has 0 atom stereocenters. The average Bonchev–Trinajstić information content (AvgIpc) is 2.68. The van der Waals surface area contributed by atoms with E-state index in [0.717, 1.165) is 0 Å². The van der Waals surface area contributed by atoms with Crippen LogP contribution >= 0.6 is 23.2 Å². The third kappa shape index (κ3) is 3.98. The van der Waals surface area contributed by atoms with Gasteiger partial charge in [0.15, 0.2) is 0 Å². The maximum absolute atomic E-state index is 11.5. The normalized spacial score (nSPS) is 10.3. The number of ether oxygens (including phenoxy) is 1. The zero-order chi connectivity index (χ0) is 20.3. The molecule has 0 saturated carbocycles. The van der Waals surface area contributed by atoms with Crippen LogP contribution in [0.3, 0.4) is 0 Å². The Morgan fingerprint density at radius 1 is 1.29 bits per heavy atom. The highest BCUT2D eigenvalue weighted by Crippen LogP contribution is 2.27. The highest BCUT2D eigenvalue weighted by atomic mass is 35.5. The zero-order valence-corrected chi connectivity index (χ0v) is 15.8. The number of nitriles is 1. The molecule has 2 heterocycles. The Balaban J connectivity index is 1.88. The number of anilines is 1. The van der Waals surface area contributed by atoms with Crippen molar-refractivity contribution >= 4 is 34.6 Å². The fraction of sp³-hybridized carbons (Fsp3) is 0.0526. The standard InChI is InChI=1S/C19H13Cl2N5O2/c20-15-7-25-8-16(21)14(15)9-28-12-1-2-17(23)13(4-12)18(24)11-3-10(5-22)19(27)26-6-11/h1-4,6-8,24H,9,23H2,(H,26,27). The predicted octanol–water partition coefficient (Wildman–Crippen LogP) is 3.53. The van der Waals surface area contributed by atoms with Crippen molar-refractivity contribution in [3.63, 3.8) is 0 Å². The number of H-pyrrole nitrogens is 1. The van der Waals surface area contributed by atoms with Crippen LogP contribution in [-0.2, 0) is 6.61 Å². The minimum atomic E-state index is -0.518. The summed E-state index contributed by atoms with van der Waals surface area (Å²) in [5, 5.41) is 18.2. The first-order valence-electron chi connectivity index (χ1n) is 7.93. The molecule has 28 heavy (non-hydrogen) atoms. The van der Waals surface area contributed by atoms with E-state index in [1.165, 1.54) is 24.7 Å². The first kappa shape index (κ1) is 19.4. The summed E-state index contributed by atoms with van der Waals surface area (Å²) < 4.78 is 5.74. The minimum Gasteiger partial charge on any atom is -0.489 e. The van der Waals surface area contributed by atoms with Gasteiger partial charge in [0.25, 0.3) is 5.56 Å². The van der Waals surface area contributed by atoms with Crippen LogP contribution in [0.2, 0.25) is 10.0 Å². The summed E-state index contributed by atoms with van der Waals surface area (Å²) in [6, 6.07) is 7.98. The number of nitrogens with two attached hydrogens (primary N) is 1. The molecule has 0 bridgehead atoms. The first-order valence-corrected chi connectivity index (χ1v) is 8.68. The Labute approximate surface area is 169 Å². The lowest BCUT2D eigenvalue weighted by Gasteiger charge is -2.13. The van der Waals surface area contributed by atoms with Crippen molar-refractivity contribution in [2.45, 2.75) is 6.61 Å². The van der Waals surface area contributed by atoms with Crippen molar-refractivity contribution in [2.24, 2.45) is 0 Å². The van der Waals surface area contributed by atoms with Crippen LogP contribution in [0.4, 0.5) is 5.69 Å². The summed E-state index contributed by atoms with van der Waals surface area (Å²) in [6.07, 6.45) is 4.30. The summed E-state index contributed by atoms with van der Waals surface area (Å²) in [7, 11) is 0. The van der Waals surface area contributed by atoms with E-state index in [4.69, 9.17) is 44.3 Å². The van der Waals surface area contributed by atoms with Crippen LogP contribution in [0.1, 0.15) is 22.3 Å². The van der Waals surface area contributed by atoms with E-state index in [1.807, 2.05) is 0 Å². The van der Waals surface area contributed by atoms with Gasteiger partial charge in [-0.05, 0) is 24.3 Å². The van der Waals surface area contributed by atoms with Gasteiger partial charge in [-0.1, -0.05) is 23.2 Å². The lowest BCUT2D eigenvalue weighted by molar-refractivity contribution is 0.306. The molecule has 0 amide bonds. The van der Waals surface area contributed by atoms with Gasteiger partial charge in [-0.3, -0.25) is 15.2 Å². The number of pyridine rings is 2. The third-order valence-electron chi connectivity index (χ3n) is 3.94. The van der Waals surface area contributed by atoms with Gasteiger partial charge in [-0.15, -0.1) is 0 Å². The number of aromatic nitrogens is 2. The summed E-state index contributed by atoms with van der Waals surface area (Å²) in [5.74, 6) is 0.447.